The van der Waals surface area contributed by atoms with E-state index in [1.807, 2.05) is 18.2 Å². The summed E-state index contributed by atoms with van der Waals surface area (Å²) >= 11 is 1.70. The Labute approximate surface area is 191 Å². The second-order valence-corrected chi connectivity index (χ2v) is 8.82. The van der Waals surface area contributed by atoms with E-state index in [1.165, 1.54) is 4.70 Å². The molecule has 0 spiro atoms. The Bertz CT molecular complexity index is 1170. The molecule has 1 aliphatic heterocycles. The summed E-state index contributed by atoms with van der Waals surface area (Å²) in [5, 5.41) is 4.47. The molecule has 1 fully saturated rings. The molecular formula is C24H26N6OS. The van der Waals surface area contributed by atoms with Gasteiger partial charge >= 0.3 is 0 Å². The number of aromatic nitrogens is 3. The van der Waals surface area contributed by atoms with Gasteiger partial charge in [0.15, 0.2) is 0 Å². The first-order valence-corrected chi connectivity index (χ1v) is 11.7. The highest BCUT2D eigenvalue weighted by Gasteiger charge is 2.13. The van der Waals surface area contributed by atoms with Gasteiger partial charge in [0.05, 0.1) is 23.4 Å². The standard InChI is InChI=1S/C24H26N6OS/c25-24-27-16-19(22(29-24)26-9-4-10-30-11-13-31-14-12-30)17-5-3-6-18(15-17)23-28-20-7-1-2-8-21(20)32-23/h1-3,5-8,15-16H,4,9-14H2,(H3,25,26,27,29). The van der Waals surface area contributed by atoms with Gasteiger partial charge < -0.3 is 15.8 Å². The number of morpholine rings is 1. The highest BCUT2D eigenvalue weighted by atomic mass is 32.1. The van der Waals surface area contributed by atoms with E-state index in [9.17, 15) is 0 Å². The number of nitrogen functional groups attached to an aromatic ring is 1. The molecule has 0 radical (unpaired) electrons. The summed E-state index contributed by atoms with van der Waals surface area (Å²) in [7, 11) is 0. The molecule has 0 unspecified atom stereocenters. The lowest BCUT2D eigenvalue weighted by atomic mass is 10.0. The molecule has 0 aliphatic carbocycles. The zero-order valence-electron chi connectivity index (χ0n) is 17.8. The lowest BCUT2D eigenvalue weighted by Crippen LogP contribution is -2.37. The van der Waals surface area contributed by atoms with Crippen LogP contribution in [0.5, 0.6) is 0 Å². The van der Waals surface area contributed by atoms with Crippen molar-refractivity contribution in [3.8, 4) is 21.7 Å². The minimum Gasteiger partial charge on any atom is -0.379 e. The lowest BCUT2D eigenvalue weighted by Gasteiger charge is -2.26. The van der Waals surface area contributed by atoms with Crippen molar-refractivity contribution in [2.24, 2.45) is 0 Å². The van der Waals surface area contributed by atoms with Gasteiger partial charge in [0.2, 0.25) is 5.95 Å². The molecule has 0 atom stereocenters. The summed E-state index contributed by atoms with van der Waals surface area (Å²) in [5.41, 5.74) is 9.98. The Morgan fingerprint density at radius 2 is 1.88 bits per heavy atom. The highest BCUT2D eigenvalue weighted by molar-refractivity contribution is 7.21. The van der Waals surface area contributed by atoms with Crippen LogP contribution in [0.2, 0.25) is 0 Å². The van der Waals surface area contributed by atoms with E-state index in [0.717, 1.165) is 78.8 Å². The fourth-order valence-electron chi connectivity index (χ4n) is 3.89. The Kier molecular flexibility index (Phi) is 6.24. The van der Waals surface area contributed by atoms with Gasteiger partial charge in [-0.1, -0.05) is 30.3 Å². The molecule has 2 aromatic carbocycles. The summed E-state index contributed by atoms with van der Waals surface area (Å²) in [5.74, 6) is 1.03. The number of rotatable bonds is 7. The number of benzene rings is 2. The fraction of sp³-hybridized carbons (Fsp3) is 0.292. The number of hydrogen-bond acceptors (Lipinski definition) is 8. The van der Waals surface area contributed by atoms with Crippen LogP contribution in [0.4, 0.5) is 11.8 Å². The molecule has 0 saturated carbocycles. The van der Waals surface area contributed by atoms with Crippen LogP contribution in [-0.4, -0.2) is 59.2 Å². The largest absolute Gasteiger partial charge is 0.379 e. The summed E-state index contributed by atoms with van der Waals surface area (Å²) < 4.78 is 6.61. The summed E-state index contributed by atoms with van der Waals surface area (Å²) in [6, 6.07) is 16.6. The first kappa shape index (κ1) is 20.8. The number of nitrogens with zero attached hydrogens (tertiary/aromatic N) is 4. The van der Waals surface area contributed by atoms with Crippen LogP contribution >= 0.6 is 11.3 Å². The second kappa shape index (κ2) is 9.60. The normalized spacial score (nSPS) is 14.6. The first-order valence-electron chi connectivity index (χ1n) is 10.9. The van der Waals surface area contributed by atoms with Crippen LogP contribution in [0.1, 0.15) is 6.42 Å². The Morgan fingerprint density at radius 1 is 1.03 bits per heavy atom. The number of nitrogens with two attached hydrogens (primary N) is 1. The number of para-hydroxylation sites is 1. The van der Waals surface area contributed by atoms with Crippen LogP contribution in [0.25, 0.3) is 31.9 Å². The van der Waals surface area contributed by atoms with E-state index in [2.05, 4.69) is 50.5 Å². The van der Waals surface area contributed by atoms with Crippen molar-refractivity contribution in [2.75, 3.05) is 50.4 Å². The molecule has 2 aromatic heterocycles. The first-order chi connectivity index (χ1) is 15.8. The van der Waals surface area contributed by atoms with Crippen molar-refractivity contribution in [3.63, 3.8) is 0 Å². The van der Waals surface area contributed by atoms with Gasteiger partial charge in [-0.15, -0.1) is 11.3 Å². The fourth-order valence-corrected chi connectivity index (χ4v) is 4.85. The van der Waals surface area contributed by atoms with Gasteiger partial charge in [0, 0.05) is 37.0 Å². The Balaban J connectivity index is 1.34. The van der Waals surface area contributed by atoms with E-state index < -0.39 is 0 Å². The van der Waals surface area contributed by atoms with Crippen molar-refractivity contribution in [1.82, 2.24) is 19.9 Å². The average Bonchev–Trinajstić information content (AvgIpc) is 3.27. The molecule has 0 bridgehead atoms. The van der Waals surface area contributed by atoms with Crippen LogP contribution < -0.4 is 11.1 Å². The van der Waals surface area contributed by atoms with Gasteiger partial charge in [0.1, 0.15) is 10.8 Å². The molecule has 0 amide bonds. The molecular weight excluding hydrogens is 420 g/mol. The maximum Gasteiger partial charge on any atom is 0.221 e. The van der Waals surface area contributed by atoms with Crippen LogP contribution in [0.15, 0.2) is 54.7 Å². The molecule has 164 valence electrons. The molecule has 3 N–H and O–H groups in total. The molecule has 1 aliphatic rings. The zero-order valence-corrected chi connectivity index (χ0v) is 18.6. The molecule has 3 heterocycles. The van der Waals surface area contributed by atoms with Gasteiger partial charge in [-0.2, -0.15) is 4.98 Å². The van der Waals surface area contributed by atoms with Gasteiger partial charge in [0.25, 0.3) is 0 Å². The average molecular weight is 447 g/mol. The van der Waals surface area contributed by atoms with Gasteiger partial charge in [-0.25, -0.2) is 9.97 Å². The lowest BCUT2D eigenvalue weighted by molar-refractivity contribution is 0.0378. The summed E-state index contributed by atoms with van der Waals surface area (Å²) in [6.45, 7) is 5.52. The van der Waals surface area contributed by atoms with E-state index in [1.54, 1.807) is 17.5 Å². The monoisotopic (exact) mass is 446 g/mol. The van der Waals surface area contributed by atoms with E-state index >= 15 is 0 Å². The van der Waals surface area contributed by atoms with Gasteiger partial charge in [-0.3, -0.25) is 4.90 Å². The smallest absolute Gasteiger partial charge is 0.221 e. The van der Waals surface area contributed by atoms with Crippen molar-refractivity contribution >= 4 is 33.3 Å². The predicted molar refractivity (Wildman–Crippen MR) is 131 cm³/mol. The minimum atomic E-state index is 0.270. The molecule has 1 saturated heterocycles. The van der Waals surface area contributed by atoms with E-state index in [-0.39, 0.29) is 5.95 Å². The maximum absolute atomic E-state index is 5.90. The van der Waals surface area contributed by atoms with Crippen molar-refractivity contribution < 1.29 is 4.74 Å². The summed E-state index contributed by atoms with van der Waals surface area (Å²) in [4.78, 5) is 16.0. The third-order valence-electron chi connectivity index (χ3n) is 5.57. The summed E-state index contributed by atoms with van der Waals surface area (Å²) in [6.07, 6.45) is 2.82. The number of thiazole rings is 1. The number of ether oxygens (including phenoxy) is 1. The van der Waals surface area contributed by atoms with Crippen LogP contribution in [0.3, 0.4) is 0 Å². The number of hydrogen-bond donors (Lipinski definition) is 2. The third kappa shape index (κ3) is 4.72. The molecule has 7 nitrogen and oxygen atoms in total. The predicted octanol–water partition coefficient (Wildman–Crippen LogP) is 4.14. The number of anilines is 2. The van der Waals surface area contributed by atoms with Crippen molar-refractivity contribution in [3.05, 3.63) is 54.7 Å². The third-order valence-corrected chi connectivity index (χ3v) is 6.65. The quantitative estimate of drug-likeness (QED) is 0.413. The van der Waals surface area contributed by atoms with E-state index in [0.29, 0.717) is 0 Å². The Morgan fingerprint density at radius 3 is 2.75 bits per heavy atom. The molecule has 4 aromatic rings. The van der Waals surface area contributed by atoms with Gasteiger partial charge in [-0.05, 0) is 36.7 Å². The minimum absolute atomic E-state index is 0.270. The second-order valence-electron chi connectivity index (χ2n) is 7.79. The number of nitrogens with one attached hydrogen (secondary N) is 1. The number of fused-ring (bicyclic) bond motifs is 1. The topological polar surface area (TPSA) is 89.2 Å². The molecule has 5 rings (SSSR count). The SMILES string of the molecule is Nc1ncc(-c2cccc(-c3nc4ccccc4s3)c2)c(NCCCN2CCOCC2)n1. The molecule has 8 heteroatoms. The highest BCUT2D eigenvalue weighted by Crippen LogP contribution is 2.34. The van der Waals surface area contributed by atoms with Crippen molar-refractivity contribution in [2.45, 2.75) is 6.42 Å². The molecule has 32 heavy (non-hydrogen) atoms. The maximum atomic E-state index is 5.90. The van der Waals surface area contributed by atoms with Crippen LogP contribution in [0, 0.1) is 0 Å². The van der Waals surface area contributed by atoms with Crippen molar-refractivity contribution in [1.29, 1.82) is 0 Å². The Hall–Kier alpha value is -3.07. The van der Waals surface area contributed by atoms with Crippen LogP contribution in [-0.2, 0) is 4.74 Å². The van der Waals surface area contributed by atoms with E-state index in [4.69, 9.17) is 15.5 Å². The zero-order chi connectivity index (χ0) is 21.8.